The largest absolute Gasteiger partial charge is 0.315 e. The second kappa shape index (κ2) is 16.8. The van der Waals surface area contributed by atoms with Gasteiger partial charge in [-0.2, -0.15) is 17.6 Å². The van der Waals surface area contributed by atoms with Gasteiger partial charge in [-0.3, -0.25) is 38.8 Å². The number of carbonyl (C=O) groups excluding carboxylic acids is 4. The molecule has 12 heteroatoms. The maximum atomic E-state index is 13.1. The fourth-order valence-corrected chi connectivity index (χ4v) is 3.71. The third-order valence-electron chi connectivity index (χ3n) is 5.30. The molecule has 0 aromatic heterocycles. The summed E-state index contributed by atoms with van der Waals surface area (Å²) in [5.41, 5.74) is 0. The molecular weight excluding hydrogens is 436 g/mol. The summed E-state index contributed by atoms with van der Waals surface area (Å²) < 4.78 is 48.7. The van der Waals surface area contributed by atoms with Crippen molar-refractivity contribution >= 4 is 24.7 Å². The summed E-state index contributed by atoms with van der Waals surface area (Å²) in [7, 11) is 0. The molecule has 0 saturated carbocycles. The van der Waals surface area contributed by atoms with Crippen LogP contribution in [-0.4, -0.2) is 122 Å². The highest BCUT2D eigenvalue weighted by Gasteiger charge is 2.27. The predicted octanol–water partition coefficient (Wildman–Crippen LogP) is 0.887. The highest BCUT2D eigenvalue weighted by Crippen LogP contribution is 2.14. The first-order chi connectivity index (χ1) is 15.0. The van der Waals surface area contributed by atoms with Gasteiger partial charge in [0.05, 0.1) is 19.6 Å². The van der Waals surface area contributed by atoms with Crippen LogP contribution in [-0.2, 0) is 19.2 Å². The number of hydrogen-bond donors (Lipinski definition) is 0. The van der Waals surface area contributed by atoms with Gasteiger partial charge in [0.1, 0.15) is 0 Å². The second-order valence-electron chi connectivity index (χ2n) is 7.88. The summed E-state index contributed by atoms with van der Waals surface area (Å²) in [6, 6.07) is -4.38. The van der Waals surface area contributed by atoms with Gasteiger partial charge in [0.2, 0.25) is 0 Å². The van der Waals surface area contributed by atoms with Crippen molar-refractivity contribution in [2.45, 2.75) is 26.8 Å². The molecule has 1 unspecified atom stereocenters. The van der Waals surface area contributed by atoms with Crippen LogP contribution in [0, 0.1) is 5.92 Å². The molecule has 186 valence electrons. The Hall–Kier alpha value is -1.76. The van der Waals surface area contributed by atoms with Gasteiger partial charge in [-0.1, -0.05) is 20.8 Å². The number of rotatable bonds is 8. The van der Waals surface area contributed by atoms with E-state index in [1.54, 1.807) is 9.80 Å². The monoisotopic (exact) mass is 470 g/mol. The minimum atomic E-state index is -1.50. The number of nitrogens with zero attached hydrogens (tertiary/aromatic N) is 4. The van der Waals surface area contributed by atoms with Gasteiger partial charge in [0.15, 0.2) is 0 Å². The Morgan fingerprint density at radius 1 is 0.812 bits per heavy atom. The topological polar surface area (TPSA) is 81.2 Å². The molecular formula is C20H34F4N4O4. The standard InChI is InChI=1S/C19H33F3N4O3.CHFO/c1-4-26-10-9-24(13-18(21)28)6-5-23(12-17(20)27)7-8-25(14-19(22)29)11-16(26)15(2)3;2-1-3/h15-16H,4-14H2,1-3H3;1H. The molecule has 1 heterocycles. The van der Waals surface area contributed by atoms with E-state index >= 15 is 0 Å². The van der Waals surface area contributed by atoms with Gasteiger partial charge in [-0.05, 0) is 12.5 Å². The molecule has 1 fully saturated rings. The van der Waals surface area contributed by atoms with Crippen molar-refractivity contribution in [3.05, 3.63) is 0 Å². The molecule has 0 aromatic carbocycles. The van der Waals surface area contributed by atoms with E-state index in [-0.39, 0.29) is 51.2 Å². The van der Waals surface area contributed by atoms with Gasteiger partial charge in [-0.25, -0.2) is 0 Å². The Kier molecular flexibility index (Phi) is 15.9. The summed E-state index contributed by atoms with van der Waals surface area (Å²) in [6.07, 6.45) is 0. The summed E-state index contributed by atoms with van der Waals surface area (Å²) in [5.74, 6) is 0.204. The van der Waals surface area contributed by atoms with Crippen molar-refractivity contribution in [3.8, 4) is 0 Å². The lowest BCUT2D eigenvalue weighted by Crippen LogP contribution is -2.53. The SMILES string of the molecule is CCN1CCN(CC(=O)F)CCN(CC(=O)F)CCN(CC(=O)F)CC1C(C)C.O=CF. The lowest BCUT2D eigenvalue weighted by Gasteiger charge is -2.39. The Labute approximate surface area is 186 Å². The van der Waals surface area contributed by atoms with E-state index in [9.17, 15) is 31.9 Å². The Bertz CT molecular complexity index is 598. The van der Waals surface area contributed by atoms with Crippen LogP contribution in [0.4, 0.5) is 17.6 Å². The van der Waals surface area contributed by atoms with Crippen molar-refractivity contribution in [1.82, 2.24) is 19.6 Å². The number of carbonyl (C=O) groups is 4. The second-order valence-corrected chi connectivity index (χ2v) is 7.88. The van der Waals surface area contributed by atoms with E-state index in [1.807, 2.05) is 20.8 Å². The molecule has 1 atom stereocenters. The summed E-state index contributed by atoms with van der Waals surface area (Å²) in [5, 5.41) is 0. The van der Waals surface area contributed by atoms with Crippen LogP contribution in [0.25, 0.3) is 0 Å². The first-order valence-electron chi connectivity index (χ1n) is 10.5. The zero-order chi connectivity index (χ0) is 24.7. The lowest BCUT2D eigenvalue weighted by atomic mass is 10.0. The van der Waals surface area contributed by atoms with E-state index in [2.05, 4.69) is 4.90 Å². The molecule has 0 aliphatic carbocycles. The summed E-state index contributed by atoms with van der Waals surface area (Å²) >= 11 is 0. The fraction of sp³-hybridized carbons (Fsp3) is 0.800. The maximum absolute atomic E-state index is 13.1. The Balaban J connectivity index is 0.00000302. The van der Waals surface area contributed by atoms with Gasteiger partial charge < -0.3 is 0 Å². The lowest BCUT2D eigenvalue weighted by molar-refractivity contribution is -0.133. The van der Waals surface area contributed by atoms with Gasteiger partial charge in [0.25, 0.3) is 6.54 Å². The van der Waals surface area contributed by atoms with E-state index in [4.69, 9.17) is 4.79 Å². The molecule has 0 amide bonds. The quantitative estimate of drug-likeness (QED) is 0.294. The van der Waals surface area contributed by atoms with Crippen molar-refractivity contribution in [3.63, 3.8) is 0 Å². The van der Waals surface area contributed by atoms with Crippen molar-refractivity contribution in [2.24, 2.45) is 5.92 Å². The van der Waals surface area contributed by atoms with E-state index in [1.165, 1.54) is 4.90 Å². The zero-order valence-electron chi connectivity index (χ0n) is 18.9. The van der Waals surface area contributed by atoms with Crippen molar-refractivity contribution in [2.75, 3.05) is 72.0 Å². The Morgan fingerprint density at radius 2 is 1.16 bits per heavy atom. The first-order valence-corrected chi connectivity index (χ1v) is 10.5. The van der Waals surface area contributed by atoms with Crippen LogP contribution in [0.1, 0.15) is 20.8 Å². The van der Waals surface area contributed by atoms with Crippen molar-refractivity contribution in [1.29, 1.82) is 0 Å². The van der Waals surface area contributed by atoms with Gasteiger partial charge >= 0.3 is 18.1 Å². The van der Waals surface area contributed by atoms with Gasteiger partial charge in [-0.15, -0.1) is 0 Å². The normalized spacial score (nSPS) is 20.6. The predicted molar refractivity (Wildman–Crippen MR) is 111 cm³/mol. The van der Waals surface area contributed by atoms with Crippen LogP contribution < -0.4 is 0 Å². The molecule has 0 bridgehead atoms. The molecule has 8 nitrogen and oxygen atoms in total. The van der Waals surface area contributed by atoms with Crippen molar-refractivity contribution < 1.29 is 36.7 Å². The minimum Gasteiger partial charge on any atom is -0.298 e. The average Bonchev–Trinajstić information content (AvgIpc) is 2.67. The highest BCUT2D eigenvalue weighted by atomic mass is 19.1. The molecule has 0 N–H and O–H groups in total. The molecule has 0 aromatic rings. The molecule has 1 rings (SSSR count). The number of hydrogen-bond acceptors (Lipinski definition) is 8. The summed E-state index contributed by atoms with van der Waals surface area (Å²) in [6.45, 7) is 7.34. The smallest absolute Gasteiger partial charge is 0.298 e. The van der Waals surface area contributed by atoms with E-state index in [0.29, 0.717) is 26.2 Å². The van der Waals surface area contributed by atoms with Crippen LogP contribution in [0.5, 0.6) is 0 Å². The van der Waals surface area contributed by atoms with E-state index < -0.39 is 31.2 Å². The average molecular weight is 471 g/mol. The first kappa shape index (κ1) is 30.2. The number of halogens is 4. The highest BCUT2D eigenvalue weighted by molar-refractivity contribution is 5.71. The van der Waals surface area contributed by atoms with Crippen LogP contribution >= 0.6 is 0 Å². The summed E-state index contributed by atoms with van der Waals surface area (Å²) in [4.78, 5) is 48.3. The van der Waals surface area contributed by atoms with Gasteiger partial charge in [0, 0.05) is 51.9 Å². The molecule has 1 aliphatic rings. The fourth-order valence-electron chi connectivity index (χ4n) is 3.71. The minimum absolute atomic E-state index is 0.0120. The third kappa shape index (κ3) is 13.6. The van der Waals surface area contributed by atoms with Crippen LogP contribution in [0.3, 0.4) is 0 Å². The maximum Gasteiger partial charge on any atom is 0.315 e. The zero-order valence-corrected chi connectivity index (χ0v) is 18.9. The Morgan fingerprint density at radius 3 is 1.50 bits per heavy atom. The number of likely N-dealkylation sites (N-methyl/N-ethyl adjacent to an activating group) is 1. The van der Waals surface area contributed by atoms with Crippen LogP contribution in [0.2, 0.25) is 0 Å². The molecule has 0 spiro atoms. The molecule has 1 saturated heterocycles. The molecule has 0 radical (unpaired) electrons. The third-order valence-corrected chi connectivity index (χ3v) is 5.30. The van der Waals surface area contributed by atoms with E-state index in [0.717, 1.165) is 0 Å². The molecule has 32 heavy (non-hydrogen) atoms. The molecule has 1 aliphatic heterocycles. The van der Waals surface area contributed by atoms with Crippen LogP contribution in [0.15, 0.2) is 0 Å².